The number of unbranched alkanes of at least 4 members (excludes halogenated alkanes) is 4. The number of ether oxygens (including phenoxy) is 1. The van der Waals surface area contributed by atoms with E-state index in [0.717, 1.165) is 38.5 Å². The minimum atomic E-state index is -0.317. The minimum absolute atomic E-state index is 0.134. The van der Waals surface area contributed by atoms with E-state index < -0.39 is 0 Å². The van der Waals surface area contributed by atoms with Crippen LogP contribution in [0.4, 0.5) is 0 Å². The fourth-order valence-corrected chi connectivity index (χ4v) is 2.03. The second kappa shape index (κ2) is 25.0. The second-order valence-corrected chi connectivity index (χ2v) is 6.50. The highest BCUT2D eigenvalue weighted by Gasteiger charge is 2.01. The molecule has 8 heteroatoms. The highest BCUT2D eigenvalue weighted by molar-refractivity contribution is 6.63. The van der Waals surface area contributed by atoms with Gasteiger partial charge in [0.25, 0.3) is 0 Å². The predicted octanol–water partition coefficient (Wildman–Crippen LogP) is 4.56. The first kappa shape index (κ1) is 30.7. The van der Waals surface area contributed by atoms with Crippen molar-refractivity contribution in [3.8, 4) is 0 Å². The zero-order valence-corrected chi connectivity index (χ0v) is 18.2. The normalized spacial score (nSPS) is 9.26. The van der Waals surface area contributed by atoms with E-state index in [4.69, 9.17) is 33.0 Å². The number of aliphatic hydroxyl groups excluding tert-OH is 1. The van der Waals surface area contributed by atoms with E-state index in [-0.39, 0.29) is 28.8 Å². The summed E-state index contributed by atoms with van der Waals surface area (Å²) in [5.41, 5.74) is 0. The Bertz CT molecular complexity index is 384. The Labute approximate surface area is 172 Å². The zero-order valence-electron chi connectivity index (χ0n) is 16.7. The van der Waals surface area contributed by atoms with E-state index >= 15 is 0 Å². The molecule has 0 saturated carbocycles. The topological polar surface area (TPSA) is 97.7 Å². The lowest BCUT2D eigenvalue weighted by molar-refractivity contribution is -0.143. The van der Waals surface area contributed by atoms with Crippen LogP contribution in [0, 0.1) is 0 Å². The predicted molar refractivity (Wildman–Crippen MR) is 108 cm³/mol. The third-order valence-electron chi connectivity index (χ3n) is 2.96. The second-order valence-electron chi connectivity index (χ2n) is 5.65. The van der Waals surface area contributed by atoms with Gasteiger partial charge in [-0.15, -0.1) is 0 Å². The molecule has 0 spiro atoms. The lowest BCUT2D eigenvalue weighted by atomic mass is 10.1. The maximum Gasteiger partial charge on any atom is 0.305 e. The number of esters is 1. The first-order valence-corrected chi connectivity index (χ1v) is 10.1. The molecule has 0 atom stereocenters. The van der Waals surface area contributed by atoms with Crippen LogP contribution in [-0.2, 0) is 23.9 Å². The Morgan fingerprint density at radius 2 is 1.11 bits per heavy atom. The Morgan fingerprint density at radius 3 is 1.44 bits per heavy atom. The average molecular weight is 429 g/mol. The number of halogens is 2. The molecule has 0 aromatic heterocycles. The van der Waals surface area contributed by atoms with Crippen molar-refractivity contribution in [2.45, 2.75) is 85.0 Å². The number of aliphatic hydroxyl groups is 1. The summed E-state index contributed by atoms with van der Waals surface area (Å²) in [6.45, 7) is 5.77. The van der Waals surface area contributed by atoms with E-state index in [1.807, 2.05) is 0 Å². The Kier molecular flexibility index (Phi) is 28.5. The van der Waals surface area contributed by atoms with E-state index in [2.05, 4.69) is 0 Å². The van der Waals surface area contributed by atoms with Crippen LogP contribution in [0.5, 0.6) is 0 Å². The molecular weight excluding hydrogens is 395 g/mol. The number of ketones is 1. The maximum absolute atomic E-state index is 10.9. The van der Waals surface area contributed by atoms with Gasteiger partial charge in [-0.1, -0.05) is 12.8 Å². The van der Waals surface area contributed by atoms with Gasteiger partial charge in [0.2, 0.25) is 10.5 Å². The van der Waals surface area contributed by atoms with Gasteiger partial charge in [0.1, 0.15) is 5.78 Å². The van der Waals surface area contributed by atoms with Crippen molar-refractivity contribution in [2.24, 2.45) is 0 Å². The molecule has 0 aliphatic carbocycles. The van der Waals surface area contributed by atoms with Gasteiger partial charge in [-0.25, -0.2) is 0 Å². The van der Waals surface area contributed by atoms with Gasteiger partial charge in [-0.2, -0.15) is 0 Å². The van der Waals surface area contributed by atoms with Crippen LogP contribution < -0.4 is 0 Å². The quantitative estimate of drug-likeness (QED) is 0.262. The number of Topliss-reactive ketones (excluding diaryl/α,β-unsaturated/α-hetero) is 1. The van der Waals surface area contributed by atoms with E-state index in [9.17, 15) is 19.2 Å². The number of hydrogen-bond acceptors (Lipinski definition) is 6. The van der Waals surface area contributed by atoms with Crippen molar-refractivity contribution in [3.63, 3.8) is 0 Å². The van der Waals surface area contributed by atoms with Crippen LogP contribution in [-0.4, -0.2) is 40.6 Å². The number of carbonyl (C=O) groups excluding carboxylic acids is 4. The molecule has 0 unspecified atom stereocenters. The highest BCUT2D eigenvalue weighted by Crippen LogP contribution is 2.06. The molecular formula is C19H34Cl2O6. The molecule has 0 bridgehead atoms. The lowest BCUT2D eigenvalue weighted by Crippen LogP contribution is -2.03. The summed E-state index contributed by atoms with van der Waals surface area (Å²) >= 11 is 10.2. The molecule has 160 valence electrons. The molecule has 27 heavy (non-hydrogen) atoms. The molecule has 0 radical (unpaired) electrons. The summed E-state index contributed by atoms with van der Waals surface area (Å²) in [4.78, 5) is 41.8. The van der Waals surface area contributed by atoms with Crippen molar-refractivity contribution in [1.29, 1.82) is 0 Å². The van der Waals surface area contributed by atoms with Crippen LogP contribution >= 0.6 is 23.2 Å². The molecule has 0 fully saturated rings. The summed E-state index contributed by atoms with van der Waals surface area (Å²) in [5, 5.41) is 6.93. The van der Waals surface area contributed by atoms with Crippen LogP contribution in [0.15, 0.2) is 0 Å². The SMILES string of the molecule is CCO.CCOC(=O)CCCCCC(C)=O.O=C(Cl)CCCCCC(=O)Cl. The Balaban J connectivity index is -0.000000376. The average Bonchev–Trinajstić information content (AvgIpc) is 2.55. The van der Waals surface area contributed by atoms with E-state index in [1.165, 1.54) is 0 Å². The molecule has 0 saturated heterocycles. The Morgan fingerprint density at radius 1 is 0.741 bits per heavy atom. The third-order valence-corrected chi connectivity index (χ3v) is 3.34. The number of hydrogen-bond donors (Lipinski definition) is 1. The molecule has 0 amide bonds. The van der Waals surface area contributed by atoms with Crippen molar-refractivity contribution in [3.05, 3.63) is 0 Å². The molecule has 0 aliphatic rings. The summed E-state index contributed by atoms with van der Waals surface area (Å²) in [7, 11) is 0. The minimum Gasteiger partial charge on any atom is -0.466 e. The first-order valence-electron chi connectivity index (χ1n) is 9.33. The monoisotopic (exact) mass is 428 g/mol. The largest absolute Gasteiger partial charge is 0.466 e. The zero-order chi connectivity index (χ0) is 21.5. The molecule has 0 aromatic carbocycles. The maximum atomic E-state index is 10.9. The van der Waals surface area contributed by atoms with Crippen LogP contribution in [0.25, 0.3) is 0 Å². The molecule has 0 heterocycles. The summed E-state index contributed by atoms with van der Waals surface area (Å²) in [6, 6.07) is 0. The number of rotatable bonds is 13. The van der Waals surface area contributed by atoms with Gasteiger partial charge < -0.3 is 14.6 Å². The molecule has 6 nitrogen and oxygen atoms in total. The standard InChI is InChI=1S/C10H18O3.C7H10Cl2O2.C2H6O/c1-3-13-10(12)8-6-4-5-7-9(2)11;8-6(10)4-2-1-3-5-7(9)11;1-2-3/h3-8H2,1-2H3;1-5H2;3H,2H2,1H3. The van der Waals surface area contributed by atoms with E-state index in [1.54, 1.807) is 20.8 Å². The number of carbonyl (C=O) groups is 4. The van der Waals surface area contributed by atoms with Gasteiger partial charge in [0, 0.05) is 32.3 Å². The first-order chi connectivity index (χ1) is 12.7. The summed E-state index contributed by atoms with van der Waals surface area (Å²) < 4.78 is 4.76. The Hall–Kier alpha value is -0.980. The lowest BCUT2D eigenvalue weighted by Gasteiger charge is -2.00. The van der Waals surface area contributed by atoms with Gasteiger partial charge in [0.05, 0.1) is 6.61 Å². The van der Waals surface area contributed by atoms with Crippen LogP contribution in [0.1, 0.15) is 85.0 Å². The fourth-order valence-electron chi connectivity index (χ4n) is 1.76. The van der Waals surface area contributed by atoms with E-state index in [0.29, 0.717) is 32.3 Å². The summed E-state index contributed by atoms with van der Waals surface area (Å²) in [5.74, 6) is 0.0847. The molecule has 0 aromatic rings. The van der Waals surface area contributed by atoms with Crippen LogP contribution in [0.3, 0.4) is 0 Å². The molecule has 0 rings (SSSR count). The van der Waals surface area contributed by atoms with Gasteiger partial charge in [0.15, 0.2) is 0 Å². The van der Waals surface area contributed by atoms with Crippen molar-refractivity contribution < 1.29 is 29.0 Å². The molecule has 1 N–H and O–H groups in total. The summed E-state index contributed by atoms with van der Waals surface area (Å²) in [6.07, 6.45) is 6.83. The van der Waals surface area contributed by atoms with Gasteiger partial charge in [-0.3, -0.25) is 14.4 Å². The van der Waals surface area contributed by atoms with Crippen LogP contribution in [0.2, 0.25) is 0 Å². The van der Waals surface area contributed by atoms with Crippen molar-refractivity contribution in [2.75, 3.05) is 13.2 Å². The fraction of sp³-hybridized carbons (Fsp3) is 0.789. The van der Waals surface area contributed by atoms with Gasteiger partial charge in [-0.05, 0) is 69.7 Å². The third kappa shape index (κ3) is 40.8. The smallest absolute Gasteiger partial charge is 0.305 e. The van der Waals surface area contributed by atoms with Crippen molar-refractivity contribution >= 4 is 45.4 Å². The van der Waals surface area contributed by atoms with Crippen molar-refractivity contribution in [1.82, 2.24) is 0 Å². The highest BCUT2D eigenvalue weighted by atomic mass is 35.5. The molecule has 0 aliphatic heterocycles. The van der Waals surface area contributed by atoms with Gasteiger partial charge >= 0.3 is 5.97 Å².